The van der Waals surface area contributed by atoms with Crippen molar-refractivity contribution in [2.24, 2.45) is 0 Å². The summed E-state index contributed by atoms with van der Waals surface area (Å²) in [5, 5.41) is 21.2. The van der Waals surface area contributed by atoms with Crippen LogP contribution in [0.2, 0.25) is 0 Å². The zero-order valence-corrected chi connectivity index (χ0v) is 79.5. The van der Waals surface area contributed by atoms with Crippen molar-refractivity contribution in [1.82, 2.24) is 96.7 Å². The molecule has 692 valence electrons. The molecule has 8 fully saturated rings. The molecular formula is C103H142N24O3. The minimum atomic E-state index is -0.0168. The fourth-order valence-electron chi connectivity index (χ4n) is 22.2. The molecule has 0 unspecified atom stereocenters. The van der Waals surface area contributed by atoms with E-state index in [1.54, 1.807) is 0 Å². The fourth-order valence-corrected chi connectivity index (χ4v) is 22.2. The molecule has 0 aromatic carbocycles. The van der Waals surface area contributed by atoms with Crippen LogP contribution >= 0.6 is 0 Å². The highest BCUT2D eigenvalue weighted by Gasteiger charge is 2.41. The molecule has 27 nitrogen and oxygen atoms in total. The maximum Gasteiger partial charge on any atom is 0.161 e. The number of piperazine rings is 3. The number of piperidine rings is 4. The topological polar surface area (TPSA) is 232 Å². The molecule has 0 spiro atoms. The fraction of sp³-hybridized carbons (Fsp3) is 0.534. The number of ether oxygens (including phenoxy) is 1. The molecule has 12 aromatic rings. The van der Waals surface area contributed by atoms with Crippen LogP contribution in [0.5, 0.6) is 0 Å². The zero-order chi connectivity index (χ0) is 90.4. The van der Waals surface area contributed by atoms with Crippen LogP contribution in [0.3, 0.4) is 0 Å². The van der Waals surface area contributed by atoms with Crippen molar-refractivity contribution < 1.29 is 14.9 Å². The summed E-state index contributed by atoms with van der Waals surface area (Å²) in [6.45, 7) is 33.5. The predicted molar refractivity (Wildman–Crippen MR) is 520 cm³/mol. The number of likely N-dealkylation sites (tertiary alicyclic amines) is 4. The average molecular weight is 1760 g/mol. The minimum Gasteiger partial charge on any atom is -0.396 e. The molecule has 20 rings (SSSR count). The Morgan fingerprint density at radius 1 is 0.385 bits per heavy atom. The summed E-state index contributed by atoms with van der Waals surface area (Å²) < 4.78 is 14.5. The summed E-state index contributed by atoms with van der Waals surface area (Å²) in [6, 6.07) is 42.1. The number of nitrogens with zero attached hydrogens (tertiary/aromatic N) is 23. The number of fused-ring (bicyclic) bond motifs is 4. The standard InChI is InChI=1S/C28H40N6O.C27H38N6O.C24H33N7.C24H31N5O/c1-5-32-15-17-33(18-16-32)26-13-7-12-25-30-28(24(19-35)34(25)26)23-11-6-10-22(31(23)4)27-21(20(2)3)9-8-14-29-27;1-19(2)20-8-7-13-28-26(20)21-9-5-10-22(31(21)4)27-23(18-34)33-24(29-27)11-6-12-25(33)32-16-14-30(3)15-17-32;1-17-6-5-11-26-23(17)21-8-4-7-20(29(21)3)19-16-31-22(10-9-18(25)24(31)27-19)30-14-12-28(2)13-15-30;1-18-7-6-11-25-23(18)19-8-5-9-20(27(19)2)24-21(17-28-13-15-30-16-14-28)29-12-4-3-10-22(29)26-24/h7-9,12-14,20,22-23,35H,5-6,10-11,15-19H2,1-4H3;6-8,11-13,19,21-22,34H,5,9-10,14-18H2,1-4H3;5-6,9-11,16,20-21H,4,7-8,12-15,25H2,1-3H3;3-4,6-7,10-12,19-20H,5,8-9,13-17H2,1-2H3/t22-,23+;21-,22+;20-,21+;19-,20+/m0010/s1. The van der Waals surface area contributed by atoms with Crippen LogP contribution in [0.4, 0.5) is 23.1 Å². The molecule has 27 heteroatoms. The van der Waals surface area contributed by atoms with E-state index in [1.807, 2.05) is 55.1 Å². The Kier molecular flexibility index (Phi) is 29.4. The summed E-state index contributed by atoms with van der Waals surface area (Å²) in [5.74, 6) is 4.34. The Balaban J connectivity index is 0.000000122. The normalized spacial score (nSPS) is 23.1. The second kappa shape index (κ2) is 41.5. The van der Waals surface area contributed by atoms with E-state index in [1.165, 1.54) is 75.1 Å². The number of nitrogens with two attached hydrogens (primary N) is 1. The van der Waals surface area contributed by atoms with Gasteiger partial charge in [0.05, 0.1) is 143 Å². The predicted octanol–water partition coefficient (Wildman–Crippen LogP) is 15.4. The first kappa shape index (κ1) is 92.0. The molecular weight excluding hydrogens is 1620 g/mol. The third kappa shape index (κ3) is 19.2. The van der Waals surface area contributed by atoms with Gasteiger partial charge < -0.3 is 54.5 Å². The number of aryl methyl sites for hydroxylation is 2. The van der Waals surface area contributed by atoms with Crippen molar-refractivity contribution in [3.8, 4) is 0 Å². The highest BCUT2D eigenvalue weighted by atomic mass is 16.5. The zero-order valence-electron chi connectivity index (χ0n) is 79.5. The first-order valence-corrected chi connectivity index (χ1v) is 48.5. The molecule has 0 amide bonds. The highest BCUT2D eigenvalue weighted by Crippen LogP contribution is 2.48. The smallest absolute Gasteiger partial charge is 0.161 e. The van der Waals surface area contributed by atoms with Crippen LogP contribution in [-0.2, 0) is 24.5 Å². The van der Waals surface area contributed by atoms with E-state index in [0.717, 1.165) is 251 Å². The minimum absolute atomic E-state index is 0.0156. The lowest BCUT2D eigenvalue weighted by atomic mass is 9.88. The number of aromatic nitrogens is 12. The molecule has 0 saturated carbocycles. The number of pyridine rings is 8. The van der Waals surface area contributed by atoms with Gasteiger partial charge in [0.25, 0.3) is 0 Å². The van der Waals surface area contributed by atoms with Gasteiger partial charge in [-0.2, -0.15) is 0 Å². The lowest BCUT2D eigenvalue weighted by Crippen LogP contribution is -2.46. The van der Waals surface area contributed by atoms with Gasteiger partial charge in [-0.25, -0.2) is 19.9 Å². The second-order valence-corrected chi connectivity index (χ2v) is 38.3. The number of anilines is 4. The largest absolute Gasteiger partial charge is 0.396 e. The van der Waals surface area contributed by atoms with Gasteiger partial charge in [-0.15, -0.1) is 0 Å². The molecule has 12 aromatic heterocycles. The number of nitrogen functional groups attached to an aromatic ring is 1. The first-order valence-electron chi connectivity index (χ1n) is 48.5. The lowest BCUT2D eigenvalue weighted by Gasteiger charge is -2.40. The SMILES string of the molecule is CC(C)c1cccnc1[C@@H]1CCC[C@H](c2nc3cccc(N4CCN(C)CC4)n3c2CO)N1C.CCN1CCN(c2cccc3nc([C@H]4CCC[C@@H](c5ncccc5C(C)C)N4C)c(CO)n23)CC1.Cc1cccnc1[C@@H]1CCC[C@H](c2cn3c(N4CCN(C)CC4)ccc(N)c3n2)N1C.Cc1cccnc1[C@@H]1CCC[C@H](c2nc3ccccn3c2CN2CCOCC2)N1C. The molecule has 0 bridgehead atoms. The number of hydrogen-bond acceptors (Lipinski definition) is 23. The Morgan fingerprint density at radius 2 is 0.785 bits per heavy atom. The molecule has 4 N–H and O–H groups in total. The third-order valence-electron chi connectivity index (χ3n) is 29.8. The first-order chi connectivity index (χ1) is 63.3. The van der Waals surface area contributed by atoms with E-state index in [9.17, 15) is 10.2 Å². The van der Waals surface area contributed by atoms with Crippen molar-refractivity contribution in [3.63, 3.8) is 0 Å². The van der Waals surface area contributed by atoms with Crippen LogP contribution in [0, 0.1) is 13.8 Å². The summed E-state index contributed by atoms with van der Waals surface area (Å²) in [7, 11) is 13.3. The number of morpholine rings is 1. The molecule has 8 saturated heterocycles. The third-order valence-corrected chi connectivity index (χ3v) is 29.8. The summed E-state index contributed by atoms with van der Waals surface area (Å²) in [5.41, 5.74) is 28.4. The van der Waals surface area contributed by atoms with Gasteiger partial charge in [-0.3, -0.25) is 57.6 Å². The van der Waals surface area contributed by atoms with Crippen molar-refractivity contribution >= 4 is 45.7 Å². The van der Waals surface area contributed by atoms with E-state index in [4.69, 9.17) is 50.3 Å². The monoisotopic (exact) mass is 1760 g/mol. The second-order valence-electron chi connectivity index (χ2n) is 38.3. The summed E-state index contributed by atoms with van der Waals surface area (Å²) >= 11 is 0. The van der Waals surface area contributed by atoms with Crippen LogP contribution in [0.15, 0.2) is 152 Å². The number of rotatable bonds is 18. The molecule has 8 atom stereocenters. The summed E-state index contributed by atoms with van der Waals surface area (Å²) in [6.07, 6.45) is 25.5. The van der Waals surface area contributed by atoms with Crippen molar-refractivity contribution in [2.75, 3.05) is 174 Å². The van der Waals surface area contributed by atoms with E-state index in [2.05, 4.69) is 260 Å². The average Bonchev–Trinajstić information content (AvgIpc) is 1.60. The molecule has 0 radical (unpaired) electrons. The molecule has 0 aliphatic carbocycles. The summed E-state index contributed by atoms with van der Waals surface area (Å²) in [4.78, 5) is 66.5. The Hall–Kier alpha value is -9.88. The number of aliphatic hydroxyl groups is 2. The lowest BCUT2D eigenvalue weighted by molar-refractivity contribution is 0.0328. The highest BCUT2D eigenvalue weighted by molar-refractivity contribution is 5.70. The van der Waals surface area contributed by atoms with Crippen molar-refractivity contribution in [1.29, 1.82) is 0 Å². The van der Waals surface area contributed by atoms with Crippen molar-refractivity contribution in [3.05, 3.63) is 237 Å². The van der Waals surface area contributed by atoms with Crippen molar-refractivity contribution in [2.45, 2.75) is 205 Å². The van der Waals surface area contributed by atoms with Gasteiger partial charge in [0.15, 0.2) is 5.65 Å². The Labute approximate surface area is 770 Å². The number of hydrogen-bond donors (Lipinski definition) is 3. The van der Waals surface area contributed by atoms with E-state index in [-0.39, 0.29) is 43.4 Å². The number of imidazole rings is 4. The Morgan fingerprint density at radius 3 is 1.24 bits per heavy atom. The van der Waals surface area contributed by atoms with Crippen LogP contribution in [-0.4, -0.2) is 261 Å². The quantitative estimate of drug-likeness (QED) is 0.0724. The van der Waals surface area contributed by atoms with Gasteiger partial charge in [-0.05, 0) is 247 Å². The van der Waals surface area contributed by atoms with Gasteiger partial charge in [0.1, 0.15) is 34.4 Å². The maximum absolute atomic E-state index is 10.6. The van der Waals surface area contributed by atoms with Crippen LogP contribution < -0.4 is 20.4 Å². The van der Waals surface area contributed by atoms with Crippen LogP contribution in [0.25, 0.3) is 22.6 Å². The molecule has 8 aliphatic rings. The van der Waals surface area contributed by atoms with Crippen LogP contribution in [0.1, 0.15) is 257 Å². The molecule has 20 heterocycles. The molecule has 130 heavy (non-hydrogen) atoms. The van der Waals surface area contributed by atoms with E-state index < -0.39 is 0 Å². The van der Waals surface area contributed by atoms with Gasteiger partial charge in [-0.1, -0.05) is 77.1 Å². The maximum atomic E-state index is 10.6. The van der Waals surface area contributed by atoms with E-state index >= 15 is 0 Å². The van der Waals surface area contributed by atoms with Gasteiger partial charge in [0, 0.05) is 135 Å². The number of aliphatic hydroxyl groups excluding tert-OH is 2. The van der Waals surface area contributed by atoms with Gasteiger partial charge in [0.2, 0.25) is 0 Å². The molecule has 8 aliphatic heterocycles. The van der Waals surface area contributed by atoms with E-state index in [0.29, 0.717) is 30.0 Å². The van der Waals surface area contributed by atoms with Gasteiger partial charge >= 0.3 is 0 Å². The Bertz CT molecular complexity index is 5750. The number of likely N-dealkylation sites (N-methyl/N-ethyl adjacent to an activating group) is 3.